The van der Waals surface area contributed by atoms with Crippen LogP contribution in [0.3, 0.4) is 0 Å². The second-order valence-corrected chi connectivity index (χ2v) is 18.9. The second kappa shape index (κ2) is 18.9. The molecule has 0 aromatic heterocycles. The molecule has 0 saturated carbocycles. The Labute approximate surface area is 386 Å². The summed E-state index contributed by atoms with van der Waals surface area (Å²) in [5, 5.41) is 54.0. The number of rotatable bonds is 10. The quantitative estimate of drug-likeness (QED) is 0.153. The minimum absolute atomic E-state index is 0. The van der Waals surface area contributed by atoms with Crippen LogP contribution in [0.5, 0.6) is 0 Å². The minimum atomic E-state index is -1.96. The van der Waals surface area contributed by atoms with Gasteiger partial charge in [-0.25, -0.2) is 4.79 Å². The predicted molar refractivity (Wildman–Crippen MR) is 215 cm³/mol. The standard InChI is InChI=1S/C44H68O13.K.H/c1-25-21-34(55-44(23-25)35(46)12-11-31(54-44)24-41(6,50)40(48)49)26(2)9-10-30-14-18-43(53-30)19-15-33-39(57-43)36(47)29(5)38(52-33)32(45)22-28(4)37-27(3)13-17-42(56-37)16-7-8-20-51-42;;/h9-10,23,26-28,30-39,45-47,50H,5,7-8,11-22,24H2,1-4,6H3,(H,48,49);;/b10-9+;;/t26-,27-,28+,30+,31+,32+,33-,34+,35-,36-,37+,38+,39-,41-,42+,43-,44-;;/m1../s1. The average Bonchev–Trinajstić information content (AvgIpc) is 3.56. The molecule has 17 atom stereocenters. The van der Waals surface area contributed by atoms with Gasteiger partial charge in [0, 0.05) is 38.0 Å². The van der Waals surface area contributed by atoms with Crippen molar-refractivity contribution in [3.8, 4) is 0 Å². The van der Waals surface area contributed by atoms with E-state index < -0.39 is 71.7 Å². The van der Waals surface area contributed by atoms with Crippen molar-refractivity contribution in [3.63, 3.8) is 0 Å². The summed E-state index contributed by atoms with van der Waals surface area (Å²) in [4.78, 5) is 11.6. The van der Waals surface area contributed by atoms with Gasteiger partial charge >= 0.3 is 57.4 Å². The topological polar surface area (TPSA) is 183 Å². The molecule has 3 spiro atoms. The molecule has 13 nitrogen and oxygen atoms in total. The zero-order chi connectivity index (χ0) is 40.9. The van der Waals surface area contributed by atoms with Crippen molar-refractivity contribution in [3.05, 3.63) is 36.0 Å². The van der Waals surface area contributed by atoms with E-state index in [1.54, 1.807) is 6.08 Å². The van der Waals surface area contributed by atoms with E-state index in [0.717, 1.165) is 50.7 Å². The Bertz CT molecular complexity index is 1510. The van der Waals surface area contributed by atoms with Gasteiger partial charge in [0.15, 0.2) is 17.2 Å². The molecule has 0 aliphatic carbocycles. The summed E-state index contributed by atoms with van der Waals surface area (Å²) in [6.07, 6.45) is 9.37. The van der Waals surface area contributed by atoms with Crippen LogP contribution in [-0.4, -0.2) is 173 Å². The molecule has 0 bridgehead atoms. The third-order valence-electron chi connectivity index (χ3n) is 14.0. The van der Waals surface area contributed by atoms with Crippen LogP contribution in [0, 0.1) is 17.8 Å². The first-order chi connectivity index (χ1) is 26.9. The van der Waals surface area contributed by atoms with Gasteiger partial charge in [-0.2, -0.15) is 0 Å². The Morgan fingerprint density at radius 1 is 1.00 bits per heavy atom. The van der Waals surface area contributed by atoms with Gasteiger partial charge < -0.3 is 58.7 Å². The molecule has 0 amide bonds. The maximum atomic E-state index is 11.6. The summed E-state index contributed by atoms with van der Waals surface area (Å²) in [5.74, 6) is -3.82. The first-order valence-corrected chi connectivity index (χ1v) is 21.7. The number of carboxylic acids is 1. The number of carbonyl (C=O) groups is 1. The number of carboxylic acid groups (broad SMARTS) is 1. The number of aliphatic carboxylic acids is 1. The maximum absolute atomic E-state index is 11.6. The molecule has 7 aliphatic rings. The average molecular weight is 845 g/mol. The number of hydrogen-bond acceptors (Lipinski definition) is 12. The second-order valence-electron chi connectivity index (χ2n) is 18.9. The van der Waals surface area contributed by atoms with Crippen LogP contribution in [0.2, 0.25) is 0 Å². The summed E-state index contributed by atoms with van der Waals surface area (Å²) in [7, 11) is 0. The molecule has 6 fully saturated rings. The van der Waals surface area contributed by atoms with Crippen LogP contribution in [0.1, 0.15) is 125 Å². The molecular formula is C44H69KO13. The van der Waals surface area contributed by atoms with Gasteiger partial charge in [0.2, 0.25) is 5.79 Å². The molecule has 0 unspecified atom stereocenters. The first kappa shape index (κ1) is 47.4. The van der Waals surface area contributed by atoms with E-state index >= 15 is 0 Å². The molecule has 7 aliphatic heterocycles. The molecule has 0 aromatic carbocycles. The molecule has 0 aromatic rings. The van der Waals surface area contributed by atoms with Gasteiger partial charge in [0.05, 0.1) is 43.2 Å². The number of fused-ring (bicyclic) bond motifs is 1. The van der Waals surface area contributed by atoms with Crippen LogP contribution in [0.4, 0.5) is 0 Å². The van der Waals surface area contributed by atoms with E-state index in [-0.39, 0.29) is 88.0 Å². The fraction of sp³-hybridized carbons (Fsp3) is 0.841. The summed E-state index contributed by atoms with van der Waals surface area (Å²) in [6, 6.07) is 0. The van der Waals surface area contributed by atoms with Crippen molar-refractivity contribution in [1.29, 1.82) is 0 Å². The first-order valence-electron chi connectivity index (χ1n) is 21.7. The van der Waals surface area contributed by atoms with Gasteiger partial charge in [0.25, 0.3) is 0 Å². The van der Waals surface area contributed by atoms with Gasteiger partial charge in [-0.1, -0.05) is 45.1 Å². The van der Waals surface area contributed by atoms with Crippen molar-refractivity contribution in [2.45, 2.75) is 209 Å². The monoisotopic (exact) mass is 844 g/mol. The van der Waals surface area contributed by atoms with Crippen molar-refractivity contribution < 1.29 is 63.5 Å². The molecule has 6 saturated heterocycles. The molecule has 7 rings (SSSR count). The van der Waals surface area contributed by atoms with Crippen LogP contribution in [0.25, 0.3) is 0 Å². The Morgan fingerprint density at radius 2 is 1.74 bits per heavy atom. The van der Waals surface area contributed by atoms with E-state index in [0.29, 0.717) is 56.4 Å². The molecule has 7 heterocycles. The Kier molecular flexibility index (Phi) is 15.5. The number of ether oxygens (including phenoxy) is 7. The molecule has 58 heavy (non-hydrogen) atoms. The predicted octanol–water partition coefficient (Wildman–Crippen LogP) is 4.57. The number of hydrogen-bond donors (Lipinski definition) is 5. The molecular weight excluding hydrogens is 776 g/mol. The fourth-order valence-electron chi connectivity index (χ4n) is 10.5. The van der Waals surface area contributed by atoms with Crippen molar-refractivity contribution >= 4 is 57.4 Å². The summed E-state index contributed by atoms with van der Waals surface area (Å²) >= 11 is 0. The normalized spacial score (nSPS) is 44.6. The summed E-state index contributed by atoms with van der Waals surface area (Å²) < 4.78 is 45.2. The van der Waals surface area contributed by atoms with Gasteiger partial charge in [-0.15, -0.1) is 0 Å². The van der Waals surface area contributed by atoms with E-state index in [1.807, 2.05) is 19.9 Å². The van der Waals surface area contributed by atoms with E-state index in [1.165, 1.54) is 6.92 Å². The van der Waals surface area contributed by atoms with Crippen molar-refractivity contribution in [1.82, 2.24) is 0 Å². The molecule has 5 N–H and O–H groups in total. The van der Waals surface area contributed by atoms with Crippen LogP contribution >= 0.6 is 0 Å². The number of aliphatic hydroxyl groups excluding tert-OH is 3. The van der Waals surface area contributed by atoms with Gasteiger partial charge in [-0.05, 0) is 95.1 Å². The molecule has 324 valence electrons. The summed E-state index contributed by atoms with van der Waals surface area (Å²) in [5.41, 5.74) is -0.551. The van der Waals surface area contributed by atoms with E-state index in [2.05, 4.69) is 26.5 Å². The molecule has 14 heteroatoms. The molecule has 0 radical (unpaired) electrons. The van der Waals surface area contributed by atoms with Crippen molar-refractivity contribution in [2.24, 2.45) is 17.8 Å². The third kappa shape index (κ3) is 10.1. The Morgan fingerprint density at radius 3 is 2.47 bits per heavy atom. The third-order valence-corrected chi connectivity index (χ3v) is 14.0. The SMILES string of the molecule is C=C1[C@@H](O)[C@@H]2O[C@]3(CC[C@H](/C=C/[C@@H](C)[C@@H]4CC(C)=C[C@@]5(O[C@H](C[C@@](C)(O)C(=O)O)CC[C@H]5O)O4)O3)CC[C@H]2O[C@@H]1[C@@H](O)C[C@H](C)[C@H]1O[C@@]2(CCCCO2)CC[C@H]1C.[KH]. The Balaban J connectivity index is 0.00000567. The fourth-order valence-corrected chi connectivity index (χ4v) is 10.5. The van der Waals surface area contributed by atoms with Crippen molar-refractivity contribution in [2.75, 3.05) is 6.61 Å². The van der Waals surface area contributed by atoms with E-state index in [9.17, 15) is 30.3 Å². The van der Waals surface area contributed by atoms with Gasteiger partial charge in [0.1, 0.15) is 24.4 Å². The summed E-state index contributed by atoms with van der Waals surface area (Å²) in [6.45, 7) is 14.5. The zero-order valence-electron chi connectivity index (χ0n) is 34.6. The van der Waals surface area contributed by atoms with E-state index in [4.69, 9.17) is 33.2 Å². The van der Waals surface area contributed by atoms with Gasteiger partial charge in [-0.3, -0.25) is 0 Å². The Hall–Kier alpha value is -0.114. The van der Waals surface area contributed by atoms with Crippen LogP contribution in [-0.2, 0) is 38.0 Å². The number of aliphatic hydroxyl groups is 4. The van der Waals surface area contributed by atoms with Crippen LogP contribution < -0.4 is 0 Å². The van der Waals surface area contributed by atoms with Crippen LogP contribution in [0.15, 0.2) is 36.0 Å². The zero-order valence-corrected chi connectivity index (χ0v) is 34.6.